The van der Waals surface area contributed by atoms with Gasteiger partial charge in [-0.3, -0.25) is 0 Å². The van der Waals surface area contributed by atoms with Crippen LogP contribution in [0.15, 0.2) is 43.0 Å². The fourth-order valence-corrected chi connectivity index (χ4v) is 1.55. The van der Waals surface area contributed by atoms with Gasteiger partial charge >= 0.3 is 0 Å². The van der Waals surface area contributed by atoms with E-state index in [0.29, 0.717) is 12.8 Å². The Morgan fingerprint density at radius 1 is 1.41 bits per heavy atom. The van der Waals surface area contributed by atoms with Crippen molar-refractivity contribution >= 4 is 11.6 Å². The second-order valence-corrected chi connectivity index (χ2v) is 3.85. The minimum atomic E-state index is 0.156. The van der Waals surface area contributed by atoms with Crippen molar-refractivity contribution in [3.05, 3.63) is 59.2 Å². The second-order valence-electron chi connectivity index (χ2n) is 3.44. The fourth-order valence-electron chi connectivity index (χ4n) is 1.36. The minimum Gasteiger partial charge on any atom is -0.400 e. The zero-order valence-electron chi connectivity index (χ0n) is 10.1. The second kappa shape index (κ2) is 8.99. The third-order valence-corrected chi connectivity index (χ3v) is 2.59. The van der Waals surface area contributed by atoms with Crippen LogP contribution in [0.5, 0.6) is 0 Å². The van der Waals surface area contributed by atoms with E-state index in [0.717, 1.165) is 28.8 Å². The van der Waals surface area contributed by atoms with Crippen molar-refractivity contribution in [2.75, 3.05) is 13.7 Å². The Morgan fingerprint density at radius 2 is 2.06 bits per heavy atom. The van der Waals surface area contributed by atoms with Crippen LogP contribution in [0.4, 0.5) is 0 Å². The Bertz CT molecular complexity index is 372. The SMILES string of the molecule is C=CC(=C)Cc1cc(CCO)ccc1Cl.CO. The lowest BCUT2D eigenvalue weighted by atomic mass is 10.0. The highest BCUT2D eigenvalue weighted by atomic mass is 35.5. The van der Waals surface area contributed by atoms with Crippen LogP contribution in [0.2, 0.25) is 5.02 Å². The number of hydrogen-bond donors (Lipinski definition) is 2. The predicted molar refractivity (Wildman–Crippen MR) is 73.4 cm³/mol. The molecule has 0 heterocycles. The molecule has 2 N–H and O–H groups in total. The van der Waals surface area contributed by atoms with Crippen LogP contribution < -0.4 is 0 Å². The summed E-state index contributed by atoms with van der Waals surface area (Å²) in [4.78, 5) is 0. The van der Waals surface area contributed by atoms with Gasteiger partial charge < -0.3 is 10.2 Å². The molecule has 1 rings (SSSR count). The van der Waals surface area contributed by atoms with E-state index in [1.165, 1.54) is 0 Å². The molecule has 1 aromatic carbocycles. The van der Waals surface area contributed by atoms with Gasteiger partial charge in [0.15, 0.2) is 0 Å². The molecule has 17 heavy (non-hydrogen) atoms. The highest BCUT2D eigenvalue weighted by Crippen LogP contribution is 2.20. The van der Waals surface area contributed by atoms with Crippen LogP contribution in [0.3, 0.4) is 0 Å². The first kappa shape index (κ1) is 15.9. The van der Waals surface area contributed by atoms with Gasteiger partial charge in [-0.2, -0.15) is 0 Å². The Balaban J connectivity index is 0.00000121. The van der Waals surface area contributed by atoms with Gasteiger partial charge in [-0.1, -0.05) is 48.5 Å². The van der Waals surface area contributed by atoms with Crippen LogP contribution in [-0.2, 0) is 12.8 Å². The van der Waals surface area contributed by atoms with Crippen LogP contribution in [0, 0.1) is 0 Å². The summed E-state index contributed by atoms with van der Waals surface area (Å²) in [5.41, 5.74) is 3.07. The smallest absolute Gasteiger partial charge is 0.0471 e. The lowest BCUT2D eigenvalue weighted by Crippen LogP contribution is -1.94. The summed E-state index contributed by atoms with van der Waals surface area (Å²) in [6, 6.07) is 5.80. The topological polar surface area (TPSA) is 40.5 Å². The van der Waals surface area contributed by atoms with Crippen molar-refractivity contribution < 1.29 is 10.2 Å². The molecule has 0 aliphatic carbocycles. The Labute approximate surface area is 108 Å². The largest absolute Gasteiger partial charge is 0.400 e. The van der Waals surface area contributed by atoms with Crippen molar-refractivity contribution in [3.8, 4) is 0 Å². The van der Waals surface area contributed by atoms with Crippen LogP contribution >= 0.6 is 11.6 Å². The Hall–Kier alpha value is -1.09. The van der Waals surface area contributed by atoms with E-state index in [1.807, 2.05) is 18.2 Å². The van der Waals surface area contributed by atoms with Gasteiger partial charge in [0.2, 0.25) is 0 Å². The molecule has 0 saturated carbocycles. The van der Waals surface area contributed by atoms with E-state index in [2.05, 4.69) is 13.2 Å². The number of benzene rings is 1. The lowest BCUT2D eigenvalue weighted by Gasteiger charge is -2.07. The molecule has 0 spiro atoms. The number of allylic oxidation sites excluding steroid dienone is 2. The number of aliphatic hydroxyl groups is 2. The van der Waals surface area contributed by atoms with Gasteiger partial charge in [-0.25, -0.2) is 0 Å². The van der Waals surface area contributed by atoms with Gasteiger partial charge in [0.1, 0.15) is 0 Å². The first-order chi connectivity index (χ1) is 8.17. The molecule has 0 atom stereocenters. The summed E-state index contributed by atoms with van der Waals surface area (Å²) in [6.45, 7) is 7.68. The maximum absolute atomic E-state index is 8.84. The van der Waals surface area contributed by atoms with Gasteiger partial charge in [-0.05, 0) is 30.0 Å². The summed E-state index contributed by atoms with van der Waals surface area (Å²) in [5, 5.41) is 16.6. The van der Waals surface area contributed by atoms with Crippen LogP contribution in [0.25, 0.3) is 0 Å². The first-order valence-electron chi connectivity index (χ1n) is 5.30. The highest BCUT2D eigenvalue weighted by Gasteiger charge is 2.02. The van der Waals surface area contributed by atoms with Gasteiger partial charge in [-0.15, -0.1) is 0 Å². The molecule has 0 aliphatic rings. The molecule has 94 valence electrons. The molecule has 1 aromatic rings. The molecule has 0 aromatic heterocycles. The number of hydrogen-bond acceptors (Lipinski definition) is 2. The monoisotopic (exact) mass is 254 g/mol. The molecule has 2 nitrogen and oxygen atoms in total. The molecular weight excluding hydrogens is 236 g/mol. The van der Waals surface area contributed by atoms with Crippen molar-refractivity contribution in [3.63, 3.8) is 0 Å². The molecule has 0 fully saturated rings. The number of halogens is 1. The van der Waals surface area contributed by atoms with E-state index in [-0.39, 0.29) is 6.61 Å². The Morgan fingerprint density at radius 3 is 2.59 bits per heavy atom. The molecular formula is C14H19ClO2. The maximum atomic E-state index is 8.84. The quantitative estimate of drug-likeness (QED) is 0.794. The summed E-state index contributed by atoms with van der Waals surface area (Å²) in [5.74, 6) is 0. The molecule has 0 aliphatic heterocycles. The van der Waals surface area contributed by atoms with Crippen molar-refractivity contribution in [1.29, 1.82) is 0 Å². The third kappa shape index (κ3) is 5.68. The molecule has 3 heteroatoms. The predicted octanol–water partition coefficient (Wildman–Crippen LogP) is 2.77. The number of rotatable bonds is 5. The van der Waals surface area contributed by atoms with Crippen molar-refractivity contribution in [2.24, 2.45) is 0 Å². The highest BCUT2D eigenvalue weighted by molar-refractivity contribution is 6.31. The summed E-state index contributed by atoms with van der Waals surface area (Å²) >= 11 is 6.06. The third-order valence-electron chi connectivity index (χ3n) is 2.22. The van der Waals surface area contributed by atoms with Crippen molar-refractivity contribution in [1.82, 2.24) is 0 Å². The van der Waals surface area contributed by atoms with Crippen molar-refractivity contribution in [2.45, 2.75) is 12.8 Å². The Kier molecular flexibility index (Phi) is 8.42. The number of aliphatic hydroxyl groups excluding tert-OH is 2. The lowest BCUT2D eigenvalue weighted by molar-refractivity contribution is 0.299. The molecule has 0 saturated heterocycles. The van der Waals surface area contributed by atoms with Crippen LogP contribution in [0.1, 0.15) is 11.1 Å². The standard InChI is InChI=1S/C13H15ClO.CH4O/c1-3-10(2)8-12-9-11(6-7-15)4-5-13(12)14;1-2/h3-5,9,15H,1-2,6-8H2;2H,1H3. The van der Waals surface area contributed by atoms with E-state index in [1.54, 1.807) is 6.08 Å². The van der Waals surface area contributed by atoms with Gasteiger partial charge in [0, 0.05) is 18.7 Å². The average Bonchev–Trinajstić information content (AvgIpc) is 2.36. The van der Waals surface area contributed by atoms with E-state index in [9.17, 15) is 0 Å². The molecule has 0 unspecified atom stereocenters. The fraction of sp³-hybridized carbons (Fsp3) is 0.286. The minimum absolute atomic E-state index is 0.156. The normalized spacial score (nSPS) is 9.18. The maximum Gasteiger partial charge on any atom is 0.0471 e. The summed E-state index contributed by atoms with van der Waals surface area (Å²) in [7, 11) is 1.00. The summed E-state index contributed by atoms with van der Waals surface area (Å²) < 4.78 is 0. The van der Waals surface area contributed by atoms with Crippen LogP contribution in [-0.4, -0.2) is 23.9 Å². The molecule has 0 amide bonds. The van der Waals surface area contributed by atoms with E-state index < -0.39 is 0 Å². The molecule has 0 bridgehead atoms. The van der Waals surface area contributed by atoms with Gasteiger partial charge in [0.25, 0.3) is 0 Å². The average molecular weight is 255 g/mol. The van der Waals surface area contributed by atoms with E-state index in [4.69, 9.17) is 21.8 Å². The zero-order chi connectivity index (χ0) is 13.3. The van der Waals surface area contributed by atoms with Gasteiger partial charge in [0.05, 0.1) is 0 Å². The molecule has 0 radical (unpaired) electrons. The van der Waals surface area contributed by atoms with E-state index >= 15 is 0 Å². The zero-order valence-corrected chi connectivity index (χ0v) is 10.9. The summed E-state index contributed by atoms with van der Waals surface area (Å²) in [6.07, 6.45) is 3.10. The first-order valence-corrected chi connectivity index (χ1v) is 5.68.